The number of hydrogen-bond donors (Lipinski definition) is 3. The van der Waals surface area contributed by atoms with Crippen molar-refractivity contribution in [2.75, 3.05) is 57.6 Å². The van der Waals surface area contributed by atoms with Gasteiger partial charge in [0.2, 0.25) is 17.7 Å². The largest absolute Gasteiger partial charge is 0.495 e. The second-order valence-electron chi connectivity index (χ2n) is 15.2. The lowest BCUT2D eigenvalue weighted by molar-refractivity contribution is -0.134. The van der Waals surface area contributed by atoms with E-state index in [1.165, 1.54) is 18.1 Å². The van der Waals surface area contributed by atoms with E-state index in [9.17, 15) is 19.2 Å². The number of nitrogens with zero attached hydrogens (tertiary/aromatic N) is 5. The average Bonchev–Trinajstić information content (AvgIpc) is 3.90. The molecule has 2 aromatic heterocycles. The summed E-state index contributed by atoms with van der Waals surface area (Å²) in [5.41, 5.74) is 4.88. The van der Waals surface area contributed by atoms with Gasteiger partial charge in [-0.2, -0.15) is 5.10 Å². The van der Waals surface area contributed by atoms with E-state index in [0.717, 1.165) is 16.7 Å². The molecule has 0 bridgehead atoms. The van der Waals surface area contributed by atoms with Gasteiger partial charge >= 0.3 is 0 Å². The van der Waals surface area contributed by atoms with Crippen molar-refractivity contribution in [3.8, 4) is 16.9 Å². The van der Waals surface area contributed by atoms with Crippen LogP contribution in [-0.2, 0) is 20.9 Å². The summed E-state index contributed by atoms with van der Waals surface area (Å²) in [7, 11) is 4.76. The van der Waals surface area contributed by atoms with E-state index in [2.05, 4.69) is 20.7 Å². The minimum absolute atomic E-state index is 0.0348. The number of nitrogens with one attached hydrogen (secondary N) is 3. The van der Waals surface area contributed by atoms with Crippen molar-refractivity contribution in [3.63, 3.8) is 0 Å². The summed E-state index contributed by atoms with van der Waals surface area (Å²) in [6.07, 6.45) is 6.81. The number of rotatable bonds is 11. The number of H-pyrrole nitrogens is 1. The number of carbonyl (C=O) groups excluding carboxylic acids is 4. The van der Waals surface area contributed by atoms with Gasteiger partial charge in [0.05, 0.1) is 24.0 Å². The number of piperidine rings is 1. The van der Waals surface area contributed by atoms with E-state index < -0.39 is 23.6 Å². The molecule has 0 saturated carbocycles. The molecule has 5 aromatic rings. The van der Waals surface area contributed by atoms with Gasteiger partial charge in [-0.3, -0.25) is 29.2 Å². The van der Waals surface area contributed by atoms with Gasteiger partial charge in [0.25, 0.3) is 5.91 Å². The van der Waals surface area contributed by atoms with Crippen LogP contribution in [0.5, 0.6) is 5.75 Å². The van der Waals surface area contributed by atoms with Gasteiger partial charge in [0.15, 0.2) is 5.82 Å². The summed E-state index contributed by atoms with van der Waals surface area (Å²) in [6, 6.07) is 15.6. The quantitative estimate of drug-likeness (QED) is 0.148. The highest BCUT2D eigenvalue weighted by Crippen LogP contribution is 2.41. The van der Waals surface area contributed by atoms with Gasteiger partial charge in [0, 0.05) is 101 Å². The lowest BCUT2D eigenvalue weighted by Gasteiger charge is -2.41. The topological polar surface area (TPSA) is 145 Å². The maximum atomic E-state index is 16.5. The molecule has 2 fully saturated rings. The van der Waals surface area contributed by atoms with E-state index in [1.54, 1.807) is 42.0 Å². The molecule has 0 aliphatic carbocycles. The van der Waals surface area contributed by atoms with Crippen molar-refractivity contribution >= 4 is 51.5 Å². The van der Waals surface area contributed by atoms with E-state index in [1.807, 2.05) is 53.6 Å². The molecule has 3 N–H and O–H groups in total. The summed E-state index contributed by atoms with van der Waals surface area (Å²) in [5, 5.41) is 10.1. The smallest absolute Gasteiger partial charge is 0.269 e. The van der Waals surface area contributed by atoms with Crippen molar-refractivity contribution in [1.29, 1.82) is 0 Å². The van der Waals surface area contributed by atoms with E-state index in [0.29, 0.717) is 72.7 Å². The first-order valence-electron chi connectivity index (χ1n) is 19.3. The summed E-state index contributed by atoms with van der Waals surface area (Å²) in [6.45, 7) is 2.37. The van der Waals surface area contributed by atoms with E-state index in [4.69, 9.17) is 4.74 Å². The maximum Gasteiger partial charge on any atom is 0.269 e. The highest BCUT2D eigenvalue weighted by Gasteiger charge is 2.33. The summed E-state index contributed by atoms with van der Waals surface area (Å²) in [4.78, 5) is 58.3. The highest BCUT2D eigenvalue weighted by atomic mass is 19.1. The molecule has 300 valence electrons. The van der Waals surface area contributed by atoms with Gasteiger partial charge in [-0.05, 0) is 53.3 Å². The first kappa shape index (κ1) is 38.4. The molecular formula is C43H44F2N8O5. The standard InChI is InChI=1S/C43H44F2N8O5/c1-50(2)43(57)35-19-31-29(18-30(40(45)41(31)48-35)27-6-4-15-51(22-27)39(55)13-17-53-16-5-14-46-53)26-9-7-25(8-10-26)28-23-52(24-28)36-21-37(58-3)34(20-32(36)44)47-33-11-12-38(54)49-42(33)56/h5-10,14,16,18-21,28,33,47-48H,4,11-13,15,17,22-24H2,1-3H3,(H,49,54,56). The number of amides is 4. The Labute approximate surface area is 333 Å². The van der Waals surface area contributed by atoms with Crippen LogP contribution in [-0.4, -0.2) is 102 Å². The average molecular weight is 791 g/mol. The van der Waals surface area contributed by atoms with Crippen molar-refractivity contribution in [3.05, 3.63) is 102 Å². The SMILES string of the molecule is COc1cc(N2CC(c3ccc(-c4cc(C5=CCCN(C(=O)CCn6cccn6)C5)c(F)c5[nH]c(C(=O)N(C)C)cc45)cc3)C2)c(F)cc1NC1CCC(=O)NC1=O. The molecule has 13 nitrogen and oxygen atoms in total. The molecule has 3 aliphatic rings. The number of benzene rings is 3. The Morgan fingerprint density at radius 1 is 1.05 bits per heavy atom. The highest BCUT2D eigenvalue weighted by molar-refractivity contribution is 6.05. The number of anilines is 2. The molecule has 0 spiro atoms. The fourth-order valence-corrected chi connectivity index (χ4v) is 7.95. The zero-order valence-electron chi connectivity index (χ0n) is 32.5. The van der Waals surface area contributed by atoms with Gasteiger partial charge in [-0.15, -0.1) is 0 Å². The Kier molecular flexibility index (Phi) is 10.4. The molecule has 2 saturated heterocycles. The number of fused-ring (bicyclic) bond motifs is 1. The molecule has 58 heavy (non-hydrogen) atoms. The molecule has 0 radical (unpaired) electrons. The fourth-order valence-electron chi connectivity index (χ4n) is 7.95. The van der Waals surface area contributed by atoms with Gasteiger partial charge < -0.3 is 29.7 Å². The van der Waals surface area contributed by atoms with Crippen molar-refractivity contribution in [2.24, 2.45) is 0 Å². The second kappa shape index (κ2) is 15.8. The Morgan fingerprint density at radius 3 is 2.55 bits per heavy atom. The molecular weight excluding hydrogens is 747 g/mol. The van der Waals surface area contributed by atoms with E-state index in [-0.39, 0.29) is 54.2 Å². The maximum absolute atomic E-state index is 16.5. The number of aromatic nitrogens is 3. The van der Waals surface area contributed by atoms with Crippen LogP contribution in [0.2, 0.25) is 0 Å². The van der Waals surface area contributed by atoms with Crippen LogP contribution in [0.25, 0.3) is 27.6 Å². The van der Waals surface area contributed by atoms with Crippen molar-refractivity contribution in [1.82, 2.24) is 29.9 Å². The Bertz CT molecular complexity index is 2440. The van der Waals surface area contributed by atoms with Crippen LogP contribution in [0.3, 0.4) is 0 Å². The first-order chi connectivity index (χ1) is 28.0. The lowest BCUT2D eigenvalue weighted by atomic mass is 9.88. The number of halogens is 2. The Hall–Kier alpha value is -6.51. The van der Waals surface area contributed by atoms with Crippen molar-refractivity contribution < 1.29 is 32.7 Å². The molecule has 1 atom stereocenters. The number of aryl methyl sites for hydroxylation is 1. The van der Waals surface area contributed by atoms with Gasteiger partial charge in [-0.25, -0.2) is 8.78 Å². The summed E-state index contributed by atoms with van der Waals surface area (Å²) in [5.74, 6) is -1.56. The number of imide groups is 1. The van der Waals surface area contributed by atoms with Gasteiger partial charge in [0.1, 0.15) is 23.3 Å². The molecule has 3 aromatic carbocycles. The lowest BCUT2D eigenvalue weighted by Crippen LogP contribution is -2.47. The van der Waals surface area contributed by atoms with E-state index >= 15 is 8.78 Å². The third kappa shape index (κ3) is 7.51. The summed E-state index contributed by atoms with van der Waals surface area (Å²) >= 11 is 0. The molecule has 3 aliphatic heterocycles. The van der Waals surface area contributed by atoms with Crippen LogP contribution in [0.4, 0.5) is 20.2 Å². The normalized spacial score (nSPS) is 17.2. The zero-order valence-corrected chi connectivity index (χ0v) is 32.5. The van der Waals surface area contributed by atoms with Crippen LogP contribution >= 0.6 is 0 Å². The third-order valence-corrected chi connectivity index (χ3v) is 11.2. The fraction of sp³-hybridized carbons (Fsp3) is 0.326. The Morgan fingerprint density at radius 2 is 1.84 bits per heavy atom. The monoisotopic (exact) mass is 790 g/mol. The predicted octanol–water partition coefficient (Wildman–Crippen LogP) is 5.55. The molecule has 1 unspecified atom stereocenters. The number of hydrogen-bond acceptors (Lipinski definition) is 8. The number of ether oxygens (including phenoxy) is 1. The second-order valence-corrected chi connectivity index (χ2v) is 15.2. The van der Waals surface area contributed by atoms with Crippen LogP contribution in [0, 0.1) is 11.6 Å². The van der Waals surface area contributed by atoms with Crippen LogP contribution in [0.15, 0.2) is 73.1 Å². The zero-order chi connectivity index (χ0) is 40.7. The minimum Gasteiger partial charge on any atom is -0.495 e. The Balaban J connectivity index is 1.02. The number of carbonyl (C=O) groups is 4. The van der Waals surface area contributed by atoms with Crippen LogP contribution in [0.1, 0.15) is 53.2 Å². The van der Waals surface area contributed by atoms with Crippen molar-refractivity contribution in [2.45, 2.75) is 44.2 Å². The molecule has 15 heteroatoms. The molecule has 4 amide bonds. The van der Waals surface area contributed by atoms with Gasteiger partial charge in [-0.1, -0.05) is 30.3 Å². The predicted molar refractivity (Wildman–Crippen MR) is 215 cm³/mol. The summed E-state index contributed by atoms with van der Waals surface area (Å²) < 4.78 is 39.3. The minimum atomic E-state index is -0.681. The number of aromatic amines is 1. The third-order valence-electron chi connectivity index (χ3n) is 11.2. The number of methoxy groups -OCH3 is 1. The molecule has 8 rings (SSSR count). The first-order valence-corrected chi connectivity index (χ1v) is 19.3. The van der Waals surface area contributed by atoms with Crippen LogP contribution < -0.4 is 20.3 Å². The molecule has 5 heterocycles.